The van der Waals surface area contributed by atoms with Crippen molar-refractivity contribution in [2.45, 2.75) is 0 Å². The Balaban J connectivity index is 2.88. The van der Waals surface area contributed by atoms with Crippen molar-refractivity contribution in [2.24, 2.45) is 0 Å². The Morgan fingerprint density at radius 1 is 1.70 bits per heavy atom. The minimum Gasteiger partial charge on any atom is -0.341 e. The Kier molecular flexibility index (Phi) is 0.887. The number of rotatable bonds is 1. The molecule has 0 aliphatic rings. The Morgan fingerprint density at radius 3 is 3.40 bits per heavy atom. The standard InChI is InChI=1S/C6H5N3O/c1-2-4-3-7-6-5(4)10-9-8-6/h2-3,7H,1H2. The first-order valence-electron chi connectivity index (χ1n) is 2.83. The van der Waals surface area contributed by atoms with E-state index in [9.17, 15) is 0 Å². The van der Waals surface area contributed by atoms with E-state index in [-0.39, 0.29) is 0 Å². The number of fused-ring (bicyclic) bond motifs is 1. The summed E-state index contributed by atoms with van der Waals surface area (Å²) in [6.07, 6.45) is 3.46. The summed E-state index contributed by atoms with van der Waals surface area (Å²) >= 11 is 0. The van der Waals surface area contributed by atoms with Crippen molar-refractivity contribution in [3.8, 4) is 0 Å². The molecule has 0 saturated carbocycles. The maximum absolute atomic E-state index is 4.82. The summed E-state index contributed by atoms with van der Waals surface area (Å²) in [7, 11) is 0. The molecule has 0 aliphatic carbocycles. The van der Waals surface area contributed by atoms with Gasteiger partial charge in [-0.15, -0.1) is 0 Å². The van der Waals surface area contributed by atoms with E-state index < -0.39 is 0 Å². The molecule has 0 aromatic carbocycles. The van der Waals surface area contributed by atoms with Crippen LogP contribution in [0.15, 0.2) is 17.3 Å². The molecule has 0 bridgehead atoms. The largest absolute Gasteiger partial charge is 0.341 e. The minimum atomic E-state index is 0.662. The zero-order valence-corrected chi connectivity index (χ0v) is 5.16. The van der Waals surface area contributed by atoms with Crippen LogP contribution in [-0.4, -0.2) is 15.4 Å². The zero-order chi connectivity index (χ0) is 6.97. The number of H-pyrrole nitrogens is 1. The molecule has 0 amide bonds. The van der Waals surface area contributed by atoms with Gasteiger partial charge in [-0.05, 0) is 0 Å². The van der Waals surface area contributed by atoms with Crippen LogP contribution in [0.5, 0.6) is 0 Å². The number of aromatic amines is 1. The van der Waals surface area contributed by atoms with Gasteiger partial charge in [0.05, 0.1) is 0 Å². The summed E-state index contributed by atoms with van der Waals surface area (Å²) < 4.78 is 4.82. The molecule has 1 N–H and O–H groups in total. The van der Waals surface area contributed by atoms with Gasteiger partial charge < -0.3 is 9.51 Å². The van der Waals surface area contributed by atoms with Gasteiger partial charge in [0.15, 0.2) is 0 Å². The average molecular weight is 135 g/mol. The summed E-state index contributed by atoms with van der Waals surface area (Å²) in [5.74, 6) is 0. The molecule has 0 radical (unpaired) electrons. The maximum Gasteiger partial charge on any atom is 0.213 e. The summed E-state index contributed by atoms with van der Waals surface area (Å²) in [6.45, 7) is 3.60. The van der Waals surface area contributed by atoms with Crippen LogP contribution in [0.3, 0.4) is 0 Å². The van der Waals surface area contributed by atoms with Gasteiger partial charge in [0.1, 0.15) is 0 Å². The van der Waals surface area contributed by atoms with E-state index in [1.54, 1.807) is 12.3 Å². The van der Waals surface area contributed by atoms with Crippen LogP contribution in [0, 0.1) is 0 Å². The van der Waals surface area contributed by atoms with Crippen molar-refractivity contribution in [1.29, 1.82) is 0 Å². The highest BCUT2D eigenvalue weighted by Gasteiger charge is 2.04. The van der Waals surface area contributed by atoms with Gasteiger partial charge in [-0.2, -0.15) is 0 Å². The van der Waals surface area contributed by atoms with Crippen LogP contribution in [0.4, 0.5) is 0 Å². The first-order valence-corrected chi connectivity index (χ1v) is 2.83. The summed E-state index contributed by atoms with van der Waals surface area (Å²) in [5, 5.41) is 7.03. The minimum absolute atomic E-state index is 0.662. The number of aromatic nitrogens is 3. The normalized spacial score (nSPS) is 10.4. The lowest BCUT2D eigenvalue weighted by atomic mass is 10.3. The molecule has 2 heterocycles. The van der Waals surface area contributed by atoms with Crippen LogP contribution in [-0.2, 0) is 0 Å². The Labute approximate surface area is 56.5 Å². The molecule has 0 unspecified atom stereocenters. The lowest BCUT2D eigenvalue weighted by Crippen LogP contribution is -1.64. The highest BCUT2D eigenvalue weighted by Crippen LogP contribution is 2.15. The first-order chi connectivity index (χ1) is 4.92. The van der Waals surface area contributed by atoms with Gasteiger partial charge in [-0.3, -0.25) is 0 Å². The molecule has 0 fully saturated rings. The third kappa shape index (κ3) is 0.500. The molecule has 4 nitrogen and oxygen atoms in total. The molecular formula is C6H5N3O. The van der Waals surface area contributed by atoms with Crippen molar-refractivity contribution >= 4 is 17.3 Å². The molecule has 0 saturated heterocycles. The highest BCUT2D eigenvalue weighted by molar-refractivity contribution is 5.79. The van der Waals surface area contributed by atoms with E-state index in [1.165, 1.54) is 0 Å². The number of hydrogen-bond acceptors (Lipinski definition) is 3. The van der Waals surface area contributed by atoms with E-state index in [4.69, 9.17) is 4.52 Å². The molecule has 50 valence electrons. The van der Waals surface area contributed by atoms with Crippen LogP contribution in [0.1, 0.15) is 5.56 Å². The Morgan fingerprint density at radius 2 is 2.60 bits per heavy atom. The van der Waals surface area contributed by atoms with E-state index in [0.717, 1.165) is 5.56 Å². The quantitative estimate of drug-likeness (QED) is 0.639. The van der Waals surface area contributed by atoms with Crippen LogP contribution in [0.25, 0.3) is 17.3 Å². The lowest BCUT2D eigenvalue weighted by Gasteiger charge is -1.75. The number of nitrogens with zero attached hydrogens (tertiary/aromatic N) is 2. The monoisotopic (exact) mass is 135 g/mol. The smallest absolute Gasteiger partial charge is 0.213 e. The predicted octanol–water partition coefficient (Wildman–Crippen LogP) is 1.19. The molecule has 2 aromatic heterocycles. The van der Waals surface area contributed by atoms with E-state index >= 15 is 0 Å². The average Bonchev–Trinajstić information content (AvgIpc) is 2.44. The molecule has 0 aliphatic heterocycles. The van der Waals surface area contributed by atoms with Crippen LogP contribution >= 0.6 is 0 Å². The maximum atomic E-state index is 4.82. The number of hydrogen-bond donors (Lipinski definition) is 1. The van der Waals surface area contributed by atoms with E-state index in [0.29, 0.717) is 11.2 Å². The lowest BCUT2D eigenvalue weighted by molar-refractivity contribution is 0.423. The van der Waals surface area contributed by atoms with Crippen LogP contribution in [0.2, 0.25) is 0 Å². The number of nitrogens with one attached hydrogen (secondary N) is 1. The topological polar surface area (TPSA) is 54.7 Å². The fourth-order valence-electron chi connectivity index (χ4n) is 0.838. The van der Waals surface area contributed by atoms with Crippen molar-refractivity contribution in [1.82, 2.24) is 15.4 Å². The second-order valence-electron chi connectivity index (χ2n) is 1.90. The van der Waals surface area contributed by atoms with Crippen LogP contribution < -0.4 is 0 Å². The van der Waals surface area contributed by atoms with Gasteiger partial charge in [-0.25, -0.2) is 0 Å². The molecule has 0 atom stereocenters. The second kappa shape index (κ2) is 1.70. The van der Waals surface area contributed by atoms with Gasteiger partial charge >= 0.3 is 0 Å². The van der Waals surface area contributed by atoms with Crippen molar-refractivity contribution < 1.29 is 4.52 Å². The molecule has 10 heavy (non-hydrogen) atoms. The molecular weight excluding hydrogens is 130 g/mol. The Hall–Kier alpha value is -1.58. The van der Waals surface area contributed by atoms with Gasteiger partial charge in [0.2, 0.25) is 11.2 Å². The third-order valence-electron chi connectivity index (χ3n) is 1.33. The van der Waals surface area contributed by atoms with Crippen molar-refractivity contribution in [3.05, 3.63) is 18.3 Å². The zero-order valence-electron chi connectivity index (χ0n) is 5.16. The predicted molar refractivity (Wildman–Crippen MR) is 36.2 cm³/mol. The Bertz CT molecular complexity index is 360. The fraction of sp³-hybridized carbons (Fsp3) is 0. The summed E-state index contributed by atoms with van der Waals surface area (Å²) in [4.78, 5) is 2.88. The van der Waals surface area contributed by atoms with Crippen molar-refractivity contribution in [2.75, 3.05) is 0 Å². The molecule has 2 rings (SSSR count). The SMILES string of the molecule is C=Cc1c[nH]c2nnoc12. The van der Waals surface area contributed by atoms with Gasteiger partial charge in [0.25, 0.3) is 0 Å². The summed E-state index contributed by atoms with van der Waals surface area (Å²) in [5.41, 5.74) is 2.21. The highest BCUT2D eigenvalue weighted by atomic mass is 16.5. The molecule has 0 spiro atoms. The third-order valence-corrected chi connectivity index (χ3v) is 1.33. The van der Waals surface area contributed by atoms with E-state index in [1.807, 2.05) is 0 Å². The fourth-order valence-corrected chi connectivity index (χ4v) is 0.838. The molecule has 4 heteroatoms. The summed E-state index contributed by atoms with van der Waals surface area (Å²) in [6, 6.07) is 0. The first kappa shape index (κ1) is 5.22. The van der Waals surface area contributed by atoms with E-state index in [2.05, 4.69) is 21.9 Å². The van der Waals surface area contributed by atoms with Gasteiger partial charge in [-0.1, -0.05) is 17.8 Å². The molecule has 2 aromatic rings. The second-order valence-corrected chi connectivity index (χ2v) is 1.90. The van der Waals surface area contributed by atoms with Crippen molar-refractivity contribution in [3.63, 3.8) is 0 Å². The van der Waals surface area contributed by atoms with Gasteiger partial charge in [0, 0.05) is 17.0 Å².